The van der Waals surface area contributed by atoms with E-state index in [0.29, 0.717) is 24.4 Å². The Morgan fingerprint density at radius 2 is 1.75 bits per heavy atom. The number of esters is 1. The number of rotatable bonds is 8. The second-order valence-corrected chi connectivity index (χ2v) is 8.15. The lowest BCUT2D eigenvalue weighted by Gasteiger charge is -2.23. The molecule has 0 unspecified atom stereocenters. The van der Waals surface area contributed by atoms with Crippen LogP contribution in [0.1, 0.15) is 24.2 Å². The number of hydrogen-bond acceptors (Lipinski definition) is 6. The molecule has 1 amide bonds. The number of amides is 1. The minimum Gasteiger partial charge on any atom is -0.462 e. The normalized spacial score (nSPS) is 11.0. The number of carbonyl (C=O) groups is 2. The Kier molecular flexibility index (Phi) is 7.17. The topological polar surface area (TPSA) is 92.8 Å². The van der Waals surface area contributed by atoms with E-state index in [-0.39, 0.29) is 17.3 Å². The molecule has 0 atom stereocenters. The number of sulfone groups is 1. The Labute approximate surface area is 165 Å². The molecule has 1 N–H and O–H groups in total. The molecule has 0 spiro atoms. The van der Waals surface area contributed by atoms with Crippen LogP contribution >= 0.6 is 0 Å². The van der Waals surface area contributed by atoms with E-state index in [4.69, 9.17) is 4.74 Å². The molecule has 2 rings (SSSR count). The molecule has 2 aromatic rings. The van der Waals surface area contributed by atoms with Gasteiger partial charge in [-0.1, -0.05) is 6.07 Å². The molecule has 150 valence electrons. The largest absolute Gasteiger partial charge is 0.462 e. The minimum atomic E-state index is -3.28. The highest BCUT2D eigenvalue weighted by Crippen LogP contribution is 2.18. The Hall–Kier alpha value is -2.87. The van der Waals surface area contributed by atoms with Crippen molar-refractivity contribution in [3.8, 4) is 0 Å². The lowest BCUT2D eigenvalue weighted by molar-refractivity contribution is -0.115. The van der Waals surface area contributed by atoms with Crippen LogP contribution in [0.5, 0.6) is 0 Å². The van der Waals surface area contributed by atoms with E-state index in [2.05, 4.69) is 5.32 Å². The summed E-state index contributed by atoms with van der Waals surface area (Å²) in [6, 6.07) is 12.9. The van der Waals surface area contributed by atoms with E-state index in [9.17, 15) is 18.0 Å². The molecule has 0 aliphatic carbocycles. The van der Waals surface area contributed by atoms with Crippen molar-refractivity contribution in [3.05, 3.63) is 54.1 Å². The Morgan fingerprint density at radius 3 is 2.32 bits per heavy atom. The standard InChI is InChI=1S/C20H24N2O5S/c1-4-22(17-8-6-7-15(13-17)20(24)27-5-2)14-19(23)21-16-9-11-18(12-10-16)28(3,25)26/h6-13H,4-5,14H2,1-3H3,(H,21,23). The third-order valence-corrected chi connectivity index (χ3v) is 5.13. The van der Waals surface area contributed by atoms with Gasteiger partial charge >= 0.3 is 5.97 Å². The van der Waals surface area contributed by atoms with Gasteiger partial charge in [-0.3, -0.25) is 4.79 Å². The van der Waals surface area contributed by atoms with Crippen molar-refractivity contribution < 1.29 is 22.7 Å². The molecule has 0 heterocycles. The van der Waals surface area contributed by atoms with Crippen LogP contribution in [-0.4, -0.2) is 46.2 Å². The lowest BCUT2D eigenvalue weighted by Crippen LogP contribution is -2.33. The SMILES string of the molecule is CCOC(=O)c1cccc(N(CC)CC(=O)Nc2ccc(S(C)(=O)=O)cc2)c1. The van der Waals surface area contributed by atoms with Gasteiger partial charge in [-0.25, -0.2) is 13.2 Å². The number of likely N-dealkylation sites (N-methyl/N-ethyl adjacent to an activating group) is 1. The summed E-state index contributed by atoms with van der Waals surface area (Å²) in [7, 11) is -3.28. The Bertz CT molecular complexity index is 939. The first kappa shape index (κ1) is 21.4. The third kappa shape index (κ3) is 5.82. The molecule has 0 fully saturated rings. The van der Waals surface area contributed by atoms with E-state index >= 15 is 0 Å². The molecular weight excluding hydrogens is 380 g/mol. The molecule has 0 aromatic heterocycles. The number of hydrogen-bond donors (Lipinski definition) is 1. The van der Waals surface area contributed by atoms with Crippen LogP contribution in [-0.2, 0) is 19.4 Å². The summed E-state index contributed by atoms with van der Waals surface area (Å²) in [6.45, 7) is 4.59. The maximum Gasteiger partial charge on any atom is 0.338 e. The smallest absolute Gasteiger partial charge is 0.338 e. The van der Waals surface area contributed by atoms with Gasteiger partial charge in [-0.15, -0.1) is 0 Å². The average Bonchev–Trinajstić information content (AvgIpc) is 2.66. The van der Waals surface area contributed by atoms with Crippen molar-refractivity contribution >= 4 is 33.1 Å². The van der Waals surface area contributed by atoms with Crippen molar-refractivity contribution in [1.82, 2.24) is 0 Å². The van der Waals surface area contributed by atoms with Gasteiger partial charge in [0.2, 0.25) is 5.91 Å². The van der Waals surface area contributed by atoms with E-state index in [0.717, 1.165) is 11.9 Å². The molecule has 28 heavy (non-hydrogen) atoms. The second kappa shape index (κ2) is 9.36. The van der Waals surface area contributed by atoms with Crippen molar-refractivity contribution in [1.29, 1.82) is 0 Å². The second-order valence-electron chi connectivity index (χ2n) is 6.13. The average molecular weight is 404 g/mol. The van der Waals surface area contributed by atoms with Gasteiger partial charge in [0.05, 0.1) is 23.6 Å². The van der Waals surface area contributed by atoms with Gasteiger partial charge in [-0.05, 0) is 56.3 Å². The van der Waals surface area contributed by atoms with Gasteiger partial charge in [0.1, 0.15) is 0 Å². The summed E-state index contributed by atoms with van der Waals surface area (Å²) in [5.41, 5.74) is 1.67. The molecule has 0 saturated heterocycles. The Morgan fingerprint density at radius 1 is 1.07 bits per heavy atom. The molecule has 0 aliphatic heterocycles. The lowest BCUT2D eigenvalue weighted by atomic mass is 10.2. The van der Waals surface area contributed by atoms with Crippen LogP contribution in [0.25, 0.3) is 0 Å². The first-order valence-electron chi connectivity index (χ1n) is 8.86. The van der Waals surface area contributed by atoms with Crippen LogP contribution in [0, 0.1) is 0 Å². The summed E-state index contributed by atoms with van der Waals surface area (Å²) in [6.07, 6.45) is 1.13. The number of nitrogens with one attached hydrogen (secondary N) is 1. The zero-order chi connectivity index (χ0) is 20.7. The summed E-state index contributed by atoms with van der Waals surface area (Å²) < 4.78 is 28.0. The van der Waals surface area contributed by atoms with Crippen molar-refractivity contribution in [2.75, 3.05) is 36.2 Å². The highest BCUT2D eigenvalue weighted by Gasteiger charge is 2.14. The zero-order valence-electron chi connectivity index (χ0n) is 16.1. The van der Waals surface area contributed by atoms with Crippen molar-refractivity contribution in [2.45, 2.75) is 18.7 Å². The number of nitrogens with zero attached hydrogens (tertiary/aromatic N) is 1. The van der Waals surface area contributed by atoms with Crippen LogP contribution in [0.3, 0.4) is 0 Å². The van der Waals surface area contributed by atoms with Gasteiger partial charge in [0, 0.05) is 24.2 Å². The quantitative estimate of drug-likeness (QED) is 0.680. The van der Waals surface area contributed by atoms with Crippen molar-refractivity contribution in [2.24, 2.45) is 0 Å². The molecule has 8 heteroatoms. The molecule has 0 bridgehead atoms. The number of anilines is 2. The van der Waals surface area contributed by atoms with Gasteiger partial charge in [-0.2, -0.15) is 0 Å². The number of ether oxygens (including phenoxy) is 1. The van der Waals surface area contributed by atoms with Gasteiger partial charge in [0.15, 0.2) is 9.84 Å². The van der Waals surface area contributed by atoms with E-state index in [1.54, 1.807) is 37.3 Å². The summed E-state index contributed by atoms with van der Waals surface area (Å²) in [5.74, 6) is -0.661. The zero-order valence-corrected chi connectivity index (χ0v) is 17.0. The van der Waals surface area contributed by atoms with Gasteiger partial charge in [0.25, 0.3) is 0 Å². The van der Waals surface area contributed by atoms with Crippen LogP contribution in [0.2, 0.25) is 0 Å². The maximum absolute atomic E-state index is 12.4. The number of carbonyl (C=O) groups excluding carboxylic acids is 2. The fourth-order valence-electron chi connectivity index (χ4n) is 2.59. The summed E-state index contributed by atoms with van der Waals surface area (Å²) >= 11 is 0. The fourth-order valence-corrected chi connectivity index (χ4v) is 3.22. The minimum absolute atomic E-state index is 0.0800. The summed E-state index contributed by atoms with van der Waals surface area (Å²) in [4.78, 5) is 26.3. The molecule has 0 aliphatic rings. The van der Waals surface area contributed by atoms with Crippen LogP contribution in [0.4, 0.5) is 11.4 Å². The first-order valence-corrected chi connectivity index (χ1v) is 10.8. The van der Waals surface area contributed by atoms with E-state index in [1.165, 1.54) is 12.1 Å². The van der Waals surface area contributed by atoms with Crippen molar-refractivity contribution in [3.63, 3.8) is 0 Å². The third-order valence-electron chi connectivity index (χ3n) is 4.00. The monoisotopic (exact) mass is 404 g/mol. The summed E-state index contributed by atoms with van der Waals surface area (Å²) in [5, 5.41) is 2.75. The van der Waals surface area contributed by atoms with Gasteiger partial charge < -0.3 is 15.0 Å². The predicted molar refractivity (Wildman–Crippen MR) is 108 cm³/mol. The van der Waals surface area contributed by atoms with Crippen LogP contribution < -0.4 is 10.2 Å². The highest BCUT2D eigenvalue weighted by atomic mass is 32.2. The van der Waals surface area contributed by atoms with Crippen LogP contribution in [0.15, 0.2) is 53.4 Å². The fraction of sp³-hybridized carbons (Fsp3) is 0.300. The predicted octanol–water partition coefficient (Wildman–Crippen LogP) is 2.73. The Balaban J connectivity index is 2.07. The number of benzene rings is 2. The van der Waals surface area contributed by atoms with E-state index in [1.807, 2.05) is 17.9 Å². The molecule has 0 saturated carbocycles. The molecule has 0 radical (unpaired) electrons. The maximum atomic E-state index is 12.4. The van der Waals surface area contributed by atoms with E-state index < -0.39 is 15.8 Å². The molecular formula is C20H24N2O5S. The highest BCUT2D eigenvalue weighted by molar-refractivity contribution is 7.90. The molecule has 2 aromatic carbocycles. The molecule has 7 nitrogen and oxygen atoms in total. The first-order chi connectivity index (χ1) is 13.2.